The van der Waals surface area contributed by atoms with Crippen molar-refractivity contribution in [3.05, 3.63) is 58.7 Å². The molecule has 0 aliphatic heterocycles. The number of methoxy groups -OCH3 is 1. The maximum absolute atomic E-state index is 12.4. The number of halogens is 1. The van der Waals surface area contributed by atoms with E-state index in [1.807, 2.05) is 44.2 Å². The first-order chi connectivity index (χ1) is 15.4. The summed E-state index contributed by atoms with van der Waals surface area (Å²) in [5.41, 5.74) is 2.33. The van der Waals surface area contributed by atoms with Crippen molar-refractivity contribution in [3.63, 3.8) is 0 Å². The molecule has 1 aromatic heterocycles. The number of hydrogen-bond acceptors (Lipinski definition) is 3. The summed E-state index contributed by atoms with van der Waals surface area (Å²) in [5, 5.41) is 11.9. The van der Waals surface area contributed by atoms with Crippen LogP contribution in [0, 0.1) is 5.41 Å². The topological polar surface area (TPSA) is 51.5 Å². The summed E-state index contributed by atoms with van der Waals surface area (Å²) >= 11 is 7.92. The Morgan fingerprint density at radius 3 is 2.27 bits per heavy atom. The monoisotopic (exact) mass is 487 g/mol. The van der Waals surface area contributed by atoms with E-state index in [4.69, 9.17) is 16.3 Å². The van der Waals surface area contributed by atoms with Crippen molar-refractivity contribution in [2.75, 3.05) is 7.11 Å². The van der Waals surface area contributed by atoms with Crippen molar-refractivity contribution >= 4 is 40.2 Å². The van der Waals surface area contributed by atoms with Crippen LogP contribution in [0.15, 0.2) is 47.4 Å². The van der Waals surface area contributed by atoms with Crippen molar-refractivity contribution < 1.29 is 14.6 Å². The molecule has 0 aliphatic carbocycles. The van der Waals surface area contributed by atoms with Crippen LogP contribution in [0.4, 0.5) is 0 Å². The van der Waals surface area contributed by atoms with E-state index in [0.29, 0.717) is 18.0 Å². The van der Waals surface area contributed by atoms with Gasteiger partial charge in [-0.25, -0.2) is 0 Å². The molecule has 0 radical (unpaired) electrons. The molecule has 4 nitrogen and oxygen atoms in total. The molecule has 1 unspecified atom stereocenters. The molecule has 0 aliphatic rings. The van der Waals surface area contributed by atoms with E-state index in [9.17, 15) is 9.90 Å². The molecule has 2 aromatic carbocycles. The molecular formula is C27H34ClNO3S. The summed E-state index contributed by atoms with van der Waals surface area (Å²) in [5.74, 6) is -0.175. The summed E-state index contributed by atoms with van der Waals surface area (Å²) in [6.45, 7) is 12.9. The first-order valence-electron chi connectivity index (χ1n) is 11.3. The highest BCUT2D eigenvalue weighted by molar-refractivity contribution is 8.00. The van der Waals surface area contributed by atoms with Crippen LogP contribution in [0.2, 0.25) is 5.02 Å². The van der Waals surface area contributed by atoms with Gasteiger partial charge in [-0.15, -0.1) is 11.8 Å². The Balaban J connectivity index is 2.38. The fraction of sp³-hybridized carbons (Fsp3) is 0.444. The van der Waals surface area contributed by atoms with Crippen LogP contribution < -0.4 is 4.74 Å². The second-order valence-corrected chi connectivity index (χ2v) is 12.3. The van der Waals surface area contributed by atoms with E-state index < -0.39 is 11.4 Å². The summed E-state index contributed by atoms with van der Waals surface area (Å²) in [6, 6.07) is 14.0. The highest BCUT2D eigenvalue weighted by atomic mass is 35.5. The lowest BCUT2D eigenvalue weighted by molar-refractivity contribution is -0.148. The lowest BCUT2D eigenvalue weighted by atomic mass is 9.75. The van der Waals surface area contributed by atoms with E-state index in [2.05, 4.69) is 44.4 Å². The van der Waals surface area contributed by atoms with Crippen LogP contribution in [0.3, 0.4) is 0 Å². The summed E-state index contributed by atoms with van der Waals surface area (Å²) < 4.78 is 7.80. The van der Waals surface area contributed by atoms with Crippen LogP contribution in [-0.2, 0) is 11.3 Å². The van der Waals surface area contributed by atoms with Crippen LogP contribution in [0.5, 0.6) is 5.75 Å². The maximum Gasteiger partial charge on any atom is 0.309 e. The molecule has 0 amide bonds. The number of ether oxygens (including phenoxy) is 1. The number of hydrogen-bond donors (Lipinski definition) is 1. The molecule has 0 spiro atoms. The van der Waals surface area contributed by atoms with E-state index in [1.165, 1.54) is 0 Å². The number of aromatic nitrogens is 1. The molecule has 33 heavy (non-hydrogen) atoms. The molecule has 0 bridgehead atoms. The predicted octanol–water partition coefficient (Wildman–Crippen LogP) is 7.85. The average Bonchev–Trinajstić information content (AvgIpc) is 3.01. The third kappa shape index (κ3) is 5.36. The Bertz CT molecular complexity index is 1140. The number of thioether (sulfide) groups is 1. The number of fused-ring (bicyclic) bond motifs is 1. The lowest BCUT2D eigenvalue weighted by Crippen LogP contribution is -2.33. The van der Waals surface area contributed by atoms with Crippen molar-refractivity contribution in [2.45, 2.75) is 70.1 Å². The zero-order chi connectivity index (χ0) is 24.6. The molecule has 6 heteroatoms. The second-order valence-electron chi connectivity index (χ2n) is 10.0. The zero-order valence-corrected chi connectivity index (χ0v) is 22.1. The van der Waals surface area contributed by atoms with Gasteiger partial charge in [0, 0.05) is 43.7 Å². The van der Waals surface area contributed by atoms with Crippen LogP contribution >= 0.6 is 23.4 Å². The third-order valence-electron chi connectivity index (χ3n) is 6.09. The van der Waals surface area contributed by atoms with Gasteiger partial charge in [0.2, 0.25) is 0 Å². The van der Waals surface area contributed by atoms with Crippen LogP contribution in [-0.4, -0.2) is 27.5 Å². The predicted molar refractivity (Wildman–Crippen MR) is 139 cm³/mol. The van der Waals surface area contributed by atoms with Crippen molar-refractivity contribution in [1.29, 1.82) is 0 Å². The first-order valence-corrected chi connectivity index (χ1v) is 12.5. The van der Waals surface area contributed by atoms with E-state index in [0.717, 1.165) is 32.8 Å². The standard InChI is InChI=1S/C27H34ClNO3S/c1-8-21(27(5,6)25(30)31)23-24(33-26(2,3)4)20-15-19(32-7)13-14-22(20)29(23)16-17-9-11-18(28)12-10-17/h9-15,21H,8,16H2,1-7H3,(H,30,31). The quantitative estimate of drug-likeness (QED) is 0.328. The van der Waals surface area contributed by atoms with E-state index in [1.54, 1.807) is 18.9 Å². The Kier molecular flexibility index (Phi) is 7.45. The number of carbonyl (C=O) groups is 1. The van der Waals surface area contributed by atoms with Gasteiger partial charge >= 0.3 is 5.97 Å². The normalized spacial score (nSPS) is 13.3. The maximum atomic E-state index is 12.4. The number of rotatable bonds is 8. The number of benzene rings is 2. The largest absolute Gasteiger partial charge is 0.497 e. The van der Waals surface area contributed by atoms with Gasteiger partial charge in [0.15, 0.2) is 0 Å². The van der Waals surface area contributed by atoms with Gasteiger partial charge in [-0.05, 0) is 56.2 Å². The highest BCUT2D eigenvalue weighted by Crippen LogP contribution is 2.49. The molecule has 1 heterocycles. The van der Waals surface area contributed by atoms with E-state index >= 15 is 0 Å². The molecule has 178 valence electrons. The van der Waals surface area contributed by atoms with Crippen molar-refractivity contribution in [2.24, 2.45) is 5.41 Å². The fourth-order valence-corrected chi connectivity index (χ4v) is 5.72. The number of carboxylic acids is 1. The van der Waals surface area contributed by atoms with Crippen LogP contribution in [0.25, 0.3) is 10.9 Å². The lowest BCUT2D eigenvalue weighted by Gasteiger charge is -2.32. The zero-order valence-electron chi connectivity index (χ0n) is 20.5. The molecule has 3 aromatic rings. The van der Waals surface area contributed by atoms with Gasteiger partial charge in [0.25, 0.3) is 0 Å². The molecule has 0 saturated heterocycles. The first kappa shape index (κ1) is 25.5. The second kappa shape index (κ2) is 9.63. The Morgan fingerprint density at radius 1 is 1.12 bits per heavy atom. The highest BCUT2D eigenvalue weighted by Gasteiger charge is 2.41. The Hall–Kier alpha value is -2.11. The molecule has 0 saturated carbocycles. The van der Waals surface area contributed by atoms with Crippen molar-refractivity contribution in [1.82, 2.24) is 4.57 Å². The molecule has 1 atom stereocenters. The molecular weight excluding hydrogens is 454 g/mol. The van der Waals surface area contributed by atoms with Crippen molar-refractivity contribution in [3.8, 4) is 5.75 Å². The summed E-state index contributed by atoms with van der Waals surface area (Å²) in [6.07, 6.45) is 0.713. The van der Waals surface area contributed by atoms with Crippen LogP contribution in [0.1, 0.15) is 65.1 Å². The van der Waals surface area contributed by atoms with E-state index in [-0.39, 0.29) is 10.7 Å². The van der Waals surface area contributed by atoms with Gasteiger partial charge in [-0.1, -0.05) is 51.4 Å². The molecule has 3 rings (SSSR count). The van der Waals surface area contributed by atoms with Gasteiger partial charge in [-0.2, -0.15) is 0 Å². The minimum atomic E-state index is -0.932. The average molecular weight is 488 g/mol. The molecule has 1 N–H and O–H groups in total. The van der Waals surface area contributed by atoms with Gasteiger partial charge < -0.3 is 14.4 Å². The fourth-order valence-electron chi connectivity index (χ4n) is 4.35. The Morgan fingerprint density at radius 2 is 1.76 bits per heavy atom. The minimum Gasteiger partial charge on any atom is -0.497 e. The number of carboxylic acid groups (broad SMARTS) is 1. The molecule has 0 fully saturated rings. The number of aliphatic carboxylic acids is 1. The Labute approximate surface area is 206 Å². The smallest absolute Gasteiger partial charge is 0.309 e. The van der Waals surface area contributed by atoms with Gasteiger partial charge in [0.1, 0.15) is 5.75 Å². The SMILES string of the molecule is CCC(c1c(SC(C)(C)C)c2cc(OC)ccc2n1Cc1ccc(Cl)cc1)C(C)(C)C(=O)O. The number of nitrogens with zero attached hydrogens (tertiary/aromatic N) is 1. The van der Waals surface area contributed by atoms with Gasteiger partial charge in [0.05, 0.1) is 12.5 Å². The summed E-state index contributed by atoms with van der Waals surface area (Å²) in [7, 11) is 1.67. The minimum absolute atomic E-state index is 0.0527. The summed E-state index contributed by atoms with van der Waals surface area (Å²) in [4.78, 5) is 13.5. The van der Waals surface area contributed by atoms with Gasteiger partial charge in [-0.3, -0.25) is 4.79 Å². The third-order valence-corrected chi connectivity index (χ3v) is 7.58.